The van der Waals surface area contributed by atoms with Crippen LogP contribution in [0.3, 0.4) is 0 Å². The minimum Gasteiger partial charge on any atom is -0.469 e. The summed E-state index contributed by atoms with van der Waals surface area (Å²) in [4.78, 5) is 25.3. The van der Waals surface area contributed by atoms with Crippen LogP contribution in [0.1, 0.15) is 24.3 Å². The van der Waals surface area contributed by atoms with E-state index in [1.165, 1.54) is 7.11 Å². The molecule has 0 amide bonds. The highest BCUT2D eigenvalue weighted by Crippen LogP contribution is 2.20. The predicted octanol–water partition coefficient (Wildman–Crippen LogP) is 1.61. The van der Waals surface area contributed by atoms with E-state index in [1.807, 2.05) is 30.3 Å². The zero-order chi connectivity index (χ0) is 13.7. The Hall–Kier alpha value is -1.68. The maximum Gasteiger partial charge on any atom is 0.314 e. The molecule has 19 heavy (non-hydrogen) atoms. The molecule has 0 aromatic heterocycles. The van der Waals surface area contributed by atoms with Crippen LogP contribution in [-0.4, -0.2) is 43.4 Å². The van der Waals surface area contributed by atoms with Gasteiger partial charge in [0.1, 0.15) is 5.78 Å². The average Bonchev–Trinajstić information content (AvgIpc) is 2.47. The summed E-state index contributed by atoms with van der Waals surface area (Å²) in [5.74, 6) is -0.187. The Kier molecular flexibility index (Phi) is 4.68. The molecule has 1 aliphatic heterocycles. The van der Waals surface area contributed by atoms with Gasteiger partial charge >= 0.3 is 5.97 Å². The number of nitrogens with zero attached hydrogens (tertiary/aromatic N) is 1. The van der Waals surface area contributed by atoms with Crippen molar-refractivity contribution in [2.75, 3.05) is 26.7 Å². The topological polar surface area (TPSA) is 46.6 Å². The Morgan fingerprint density at radius 3 is 2.47 bits per heavy atom. The van der Waals surface area contributed by atoms with Crippen LogP contribution in [0.2, 0.25) is 0 Å². The fourth-order valence-electron chi connectivity index (χ4n) is 2.39. The quantitative estimate of drug-likeness (QED) is 0.773. The summed E-state index contributed by atoms with van der Waals surface area (Å²) in [6.45, 7) is 2.09. The number of ether oxygens (including phenoxy) is 1. The number of rotatable bonds is 4. The van der Waals surface area contributed by atoms with Crippen LogP contribution in [0.25, 0.3) is 0 Å². The van der Waals surface area contributed by atoms with Crippen molar-refractivity contribution in [2.45, 2.75) is 18.8 Å². The van der Waals surface area contributed by atoms with Crippen LogP contribution in [0.4, 0.5) is 0 Å². The first-order chi connectivity index (χ1) is 9.20. The summed E-state index contributed by atoms with van der Waals surface area (Å²) in [5, 5.41) is 0. The Labute approximate surface area is 113 Å². The Balaban J connectivity index is 2.06. The van der Waals surface area contributed by atoms with Crippen LogP contribution in [0.5, 0.6) is 0 Å². The van der Waals surface area contributed by atoms with Crippen LogP contribution < -0.4 is 0 Å². The van der Waals surface area contributed by atoms with Gasteiger partial charge in [0.15, 0.2) is 0 Å². The number of hydrogen-bond donors (Lipinski definition) is 0. The molecule has 0 radical (unpaired) electrons. The highest BCUT2D eigenvalue weighted by atomic mass is 16.5. The van der Waals surface area contributed by atoms with Gasteiger partial charge in [-0.05, 0) is 5.56 Å². The second-order valence-electron chi connectivity index (χ2n) is 4.83. The van der Waals surface area contributed by atoms with Crippen LogP contribution in [0, 0.1) is 0 Å². The molecule has 1 aromatic rings. The minimum absolute atomic E-state index is 0.219. The van der Waals surface area contributed by atoms with E-state index >= 15 is 0 Å². The number of likely N-dealkylation sites (tertiary alicyclic amines) is 1. The van der Waals surface area contributed by atoms with Gasteiger partial charge in [-0.2, -0.15) is 0 Å². The zero-order valence-corrected chi connectivity index (χ0v) is 11.2. The molecule has 1 aromatic carbocycles. The number of ketones is 1. The van der Waals surface area contributed by atoms with E-state index in [9.17, 15) is 9.59 Å². The van der Waals surface area contributed by atoms with Gasteiger partial charge in [-0.25, -0.2) is 0 Å². The molecule has 0 saturated carbocycles. The molecule has 0 aliphatic carbocycles. The van der Waals surface area contributed by atoms with Crippen molar-refractivity contribution in [1.29, 1.82) is 0 Å². The van der Waals surface area contributed by atoms with Crippen LogP contribution >= 0.6 is 0 Å². The largest absolute Gasteiger partial charge is 0.469 e. The van der Waals surface area contributed by atoms with Gasteiger partial charge in [0.2, 0.25) is 0 Å². The molecule has 0 spiro atoms. The van der Waals surface area contributed by atoms with E-state index in [2.05, 4.69) is 4.90 Å². The molecule has 1 heterocycles. The zero-order valence-electron chi connectivity index (χ0n) is 11.2. The lowest BCUT2D eigenvalue weighted by Crippen LogP contribution is -2.38. The van der Waals surface area contributed by atoms with Crippen molar-refractivity contribution in [2.24, 2.45) is 0 Å². The van der Waals surface area contributed by atoms with Crippen molar-refractivity contribution in [3.63, 3.8) is 0 Å². The van der Waals surface area contributed by atoms with E-state index < -0.39 is 0 Å². The van der Waals surface area contributed by atoms with Gasteiger partial charge in [0.05, 0.1) is 13.0 Å². The maximum absolute atomic E-state index is 11.9. The van der Waals surface area contributed by atoms with E-state index in [0.717, 1.165) is 18.7 Å². The van der Waals surface area contributed by atoms with Gasteiger partial charge in [-0.3, -0.25) is 9.59 Å². The molecule has 1 aliphatic rings. The van der Waals surface area contributed by atoms with E-state index in [4.69, 9.17) is 4.74 Å². The number of Topliss-reactive ketones (excluding diaryl/α,β-unsaturated/α-hetero) is 1. The lowest BCUT2D eigenvalue weighted by molar-refractivity contribution is -0.143. The highest BCUT2D eigenvalue weighted by molar-refractivity contribution is 5.80. The van der Waals surface area contributed by atoms with Gasteiger partial charge in [0.25, 0.3) is 0 Å². The van der Waals surface area contributed by atoms with Crippen molar-refractivity contribution < 1.29 is 14.3 Å². The maximum atomic E-state index is 11.9. The van der Waals surface area contributed by atoms with Gasteiger partial charge < -0.3 is 9.64 Å². The summed E-state index contributed by atoms with van der Waals surface area (Å²) in [6, 6.07) is 9.65. The number of esters is 1. The SMILES string of the molecule is COC(=O)C(CN1CCC(=O)CC1)c1ccccc1. The first kappa shape index (κ1) is 13.7. The molecule has 1 saturated heterocycles. The van der Waals surface area contributed by atoms with Crippen molar-refractivity contribution in [1.82, 2.24) is 4.90 Å². The third kappa shape index (κ3) is 3.64. The molecule has 4 nitrogen and oxygen atoms in total. The molecule has 1 unspecified atom stereocenters. The summed E-state index contributed by atoms with van der Waals surface area (Å²) >= 11 is 0. The lowest BCUT2D eigenvalue weighted by atomic mass is 9.97. The Morgan fingerprint density at radius 1 is 1.26 bits per heavy atom. The monoisotopic (exact) mass is 261 g/mol. The summed E-state index contributed by atoms with van der Waals surface area (Å²) in [6.07, 6.45) is 1.17. The molecular formula is C15H19NO3. The van der Waals surface area contributed by atoms with Crippen molar-refractivity contribution in [3.05, 3.63) is 35.9 Å². The third-order valence-corrected chi connectivity index (χ3v) is 3.54. The number of carbonyl (C=O) groups excluding carboxylic acids is 2. The summed E-state index contributed by atoms with van der Waals surface area (Å²) < 4.78 is 4.90. The first-order valence-electron chi connectivity index (χ1n) is 6.57. The number of benzene rings is 1. The predicted molar refractivity (Wildman–Crippen MR) is 71.9 cm³/mol. The van der Waals surface area contributed by atoms with Crippen LogP contribution in [-0.2, 0) is 14.3 Å². The summed E-state index contributed by atoms with van der Waals surface area (Å²) in [7, 11) is 1.41. The lowest BCUT2D eigenvalue weighted by Gasteiger charge is -2.29. The number of methoxy groups -OCH3 is 1. The second kappa shape index (κ2) is 6.48. The normalized spacial score (nSPS) is 18.1. The van der Waals surface area contributed by atoms with Gasteiger partial charge in [0, 0.05) is 32.5 Å². The van der Waals surface area contributed by atoms with Gasteiger partial charge in [-0.1, -0.05) is 30.3 Å². The minimum atomic E-state index is -0.278. The van der Waals surface area contributed by atoms with Crippen molar-refractivity contribution in [3.8, 4) is 0 Å². The molecule has 1 fully saturated rings. The Morgan fingerprint density at radius 2 is 1.89 bits per heavy atom. The van der Waals surface area contributed by atoms with Gasteiger partial charge in [-0.15, -0.1) is 0 Å². The molecule has 0 N–H and O–H groups in total. The molecule has 0 bridgehead atoms. The number of carbonyl (C=O) groups is 2. The molecular weight excluding hydrogens is 242 g/mol. The molecule has 4 heteroatoms. The standard InChI is InChI=1S/C15H19NO3/c1-19-15(18)14(12-5-3-2-4-6-12)11-16-9-7-13(17)8-10-16/h2-6,14H,7-11H2,1H3. The third-order valence-electron chi connectivity index (χ3n) is 3.54. The first-order valence-corrected chi connectivity index (χ1v) is 6.57. The summed E-state index contributed by atoms with van der Waals surface area (Å²) in [5.41, 5.74) is 0.964. The van der Waals surface area contributed by atoms with E-state index in [0.29, 0.717) is 25.2 Å². The highest BCUT2D eigenvalue weighted by Gasteiger charge is 2.26. The fourth-order valence-corrected chi connectivity index (χ4v) is 2.39. The number of hydrogen-bond acceptors (Lipinski definition) is 4. The molecule has 102 valence electrons. The Bertz CT molecular complexity index is 434. The van der Waals surface area contributed by atoms with Crippen molar-refractivity contribution >= 4 is 11.8 Å². The molecule has 1 atom stereocenters. The fraction of sp³-hybridized carbons (Fsp3) is 0.467. The van der Waals surface area contributed by atoms with E-state index in [1.54, 1.807) is 0 Å². The molecule has 2 rings (SSSR count). The smallest absolute Gasteiger partial charge is 0.314 e. The number of piperidine rings is 1. The van der Waals surface area contributed by atoms with Crippen LogP contribution in [0.15, 0.2) is 30.3 Å². The average molecular weight is 261 g/mol. The second-order valence-corrected chi connectivity index (χ2v) is 4.83. The van der Waals surface area contributed by atoms with E-state index in [-0.39, 0.29) is 11.9 Å².